The van der Waals surface area contributed by atoms with Crippen LogP contribution in [0.15, 0.2) is 36.4 Å². The van der Waals surface area contributed by atoms with E-state index in [1.54, 1.807) is 0 Å². The van der Waals surface area contributed by atoms with Crippen molar-refractivity contribution in [2.24, 2.45) is 7.05 Å². The van der Waals surface area contributed by atoms with Gasteiger partial charge in [0.25, 0.3) is 0 Å². The fraction of sp³-hybridized carbons (Fsp3) is 0.222. The summed E-state index contributed by atoms with van der Waals surface area (Å²) < 4.78 is 5.32. The molecule has 0 radical (unpaired) electrons. The van der Waals surface area contributed by atoms with Gasteiger partial charge in [0.15, 0.2) is 0 Å². The van der Waals surface area contributed by atoms with Crippen LogP contribution in [0.1, 0.15) is 20.4 Å². The highest BCUT2D eigenvalue weighted by atomic mass is 127. The molecule has 0 unspecified atom stereocenters. The van der Waals surface area contributed by atoms with E-state index in [4.69, 9.17) is 0 Å². The average molecular weight is 674 g/mol. The molecule has 0 aliphatic carbocycles. The van der Waals surface area contributed by atoms with Gasteiger partial charge in [-0.1, -0.05) is 20.9 Å². The highest BCUT2D eigenvalue weighted by Gasteiger charge is 2.04. The van der Waals surface area contributed by atoms with Crippen molar-refractivity contribution < 1.29 is 0 Å². The number of hydrogen-bond acceptors (Lipinski definition) is 2. The molecule has 7 heteroatoms. The second-order valence-electron chi connectivity index (χ2n) is 5.13. The van der Waals surface area contributed by atoms with Crippen molar-refractivity contribution in [3.63, 3.8) is 0 Å². The molecule has 25 heavy (non-hydrogen) atoms. The first kappa shape index (κ1) is 22.6. The second-order valence-corrected chi connectivity index (χ2v) is 8.48. The van der Waals surface area contributed by atoms with Gasteiger partial charge in [-0.2, -0.15) is 10.2 Å². The maximum Gasteiger partial charge on any atom is 0.131 e. The Hall–Kier alpha value is -0.430. The van der Waals surface area contributed by atoms with Gasteiger partial charge in [0.1, 0.15) is 7.40 Å². The average Bonchev–Trinajstić information content (AvgIpc) is 3.00. The standard InChI is InChI=1S/C9H9IN2.C7H4I2N2.2CH4/c1-6-3-4-7-8(5-6)12(2)11-9(7)10;8-4-1-2-5-6(3-4)10-11-7(5)9;;/h3-5H,1-2H3;1-3H,(H,10,11);2*1H4. The van der Waals surface area contributed by atoms with Crippen molar-refractivity contribution in [1.82, 2.24) is 20.0 Å². The minimum Gasteiger partial charge on any atom is -0.271 e. The number of halogens is 3. The van der Waals surface area contributed by atoms with Crippen molar-refractivity contribution in [3.8, 4) is 0 Å². The zero-order valence-corrected chi connectivity index (χ0v) is 18.9. The van der Waals surface area contributed by atoms with Crippen LogP contribution in [0.3, 0.4) is 0 Å². The second kappa shape index (κ2) is 9.49. The Morgan fingerprint density at radius 1 is 0.960 bits per heavy atom. The molecule has 2 aromatic carbocycles. The Morgan fingerprint density at radius 2 is 1.64 bits per heavy atom. The molecule has 0 amide bonds. The number of nitrogens with zero attached hydrogens (tertiary/aromatic N) is 3. The SMILES string of the molecule is C.C.Cc1ccc2c(I)nn(C)c2c1.Ic1ccc2c(I)[nH]nc2c1. The van der Waals surface area contributed by atoms with Gasteiger partial charge >= 0.3 is 0 Å². The molecule has 0 aliphatic heterocycles. The van der Waals surface area contributed by atoms with Crippen molar-refractivity contribution in [1.29, 1.82) is 0 Å². The van der Waals surface area contributed by atoms with Crippen LogP contribution in [0.4, 0.5) is 0 Å². The fourth-order valence-corrected chi connectivity index (χ4v) is 4.11. The fourth-order valence-electron chi connectivity index (χ4n) is 2.28. The minimum absolute atomic E-state index is 0. The molecule has 0 spiro atoms. The van der Waals surface area contributed by atoms with E-state index >= 15 is 0 Å². The molecular formula is C18H21I3N4. The lowest BCUT2D eigenvalue weighted by Gasteiger charge is -1.94. The normalized spacial score (nSPS) is 9.96. The first-order valence-electron chi connectivity index (χ1n) is 6.83. The van der Waals surface area contributed by atoms with Gasteiger partial charge in [-0.25, -0.2) is 0 Å². The van der Waals surface area contributed by atoms with E-state index in [9.17, 15) is 0 Å². The van der Waals surface area contributed by atoms with Gasteiger partial charge < -0.3 is 0 Å². The maximum absolute atomic E-state index is 4.33. The third kappa shape index (κ3) is 5.06. The van der Waals surface area contributed by atoms with E-state index in [-0.39, 0.29) is 14.9 Å². The quantitative estimate of drug-likeness (QED) is 0.216. The summed E-state index contributed by atoms with van der Waals surface area (Å²) in [6.45, 7) is 2.10. The largest absolute Gasteiger partial charge is 0.271 e. The summed E-state index contributed by atoms with van der Waals surface area (Å²) in [5.41, 5.74) is 3.53. The molecule has 0 fully saturated rings. The van der Waals surface area contributed by atoms with E-state index in [2.05, 4.69) is 126 Å². The molecule has 0 saturated carbocycles. The number of fused-ring (bicyclic) bond motifs is 2. The van der Waals surface area contributed by atoms with Crippen molar-refractivity contribution >= 4 is 89.6 Å². The molecule has 4 aromatic rings. The molecule has 2 heterocycles. The summed E-state index contributed by atoms with van der Waals surface area (Å²) in [5, 5.41) is 13.9. The van der Waals surface area contributed by atoms with Crippen LogP contribution in [0.2, 0.25) is 0 Å². The predicted molar refractivity (Wildman–Crippen MR) is 133 cm³/mol. The van der Waals surface area contributed by atoms with Gasteiger partial charge in [-0.05, 0) is 111 Å². The van der Waals surface area contributed by atoms with E-state index in [1.165, 1.54) is 25.4 Å². The number of aromatic amines is 1. The first-order valence-corrected chi connectivity index (χ1v) is 10.1. The number of aryl methyl sites for hydroxylation is 2. The number of benzene rings is 2. The molecule has 2 aromatic heterocycles. The van der Waals surface area contributed by atoms with E-state index in [1.807, 2.05) is 11.7 Å². The van der Waals surface area contributed by atoms with Gasteiger partial charge in [0, 0.05) is 21.4 Å². The molecule has 0 aliphatic rings. The van der Waals surface area contributed by atoms with Gasteiger partial charge in [0.05, 0.1) is 11.0 Å². The van der Waals surface area contributed by atoms with Gasteiger partial charge in [0.2, 0.25) is 0 Å². The maximum atomic E-state index is 4.33. The molecule has 4 nitrogen and oxygen atoms in total. The number of aromatic nitrogens is 4. The zero-order valence-electron chi connectivity index (χ0n) is 12.4. The van der Waals surface area contributed by atoms with Crippen LogP contribution in [-0.4, -0.2) is 20.0 Å². The lowest BCUT2D eigenvalue weighted by molar-refractivity contribution is 0.787. The van der Waals surface area contributed by atoms with Crippen LogP contribution >= 0.6 is 67.8 Å². The molecule has 1 N–H and O–H groups in total. The number of H-pyrrole nitrogens is 1. The van der Waals surface area contributed by atoms with Crippen LogP contribution in [0.25, 0.3) is 21.8 Å². The molecule has 0 atom stereocenters. The Labute approximate surface area is 189 Å². The lowest BCUT2D eigenvalue weighted by Crippen LogP contribution is -1.89. The summed E-state index contributed by atoms with van der Waals surface area (Å²) in [6.07, 6.45) is 0. The minimum atomic E-state index is 0. The van der Waals surface area contributed by atoms with Crippen molar-refractivity contribution in [2.45, 2.75) is 21.8 Å². The Kier molecular flexibility index (Phi) is 8.58. The lowest BCUT2D eigenvalue weighted by atomic mass is 10.2. The third-order valence-electron chi connectivity index (χ3n) is 3.43. The van der Waals surface area contributed by atoms with Crippen molar-refractivity contribution in [2.75, 3.05) is 0 Å². The van der Waals surface area contributed by atoms with Crippen molar-refractivity contribution in [3.05, 3.63) is 52.9 Å². The highest BCUT2D eigenvalue weighted by molar-refractivity contribution is 14.1. The predicted octanol–water partition coefficient (Wildman–Crippen LogP) is 6.53. The van der Waals surface area contributed by atoms with Crippen LogP contribution in [-0.2, 0) is 7.05 Å². The van der Waals surface area contributed by atoms with E-state index in [0.717, 1.165) is 12.9 Å². The number of hydrogen-bond donors (Lipinski definition) is 1. The highest BCUT2D eigenvalue weighted by Crippen LogP contribution is 2.20. The Bertz CT molecular complexity index is 989. The Balaban J connectivity index is 0.000000232. The summed E-state index contributed by atoms with van der Waals surface area (Å²) in [5.74, 6) is 0. The van der Waals surface area contributed by atoms with Crippen LogP contribution in [0.5, 0.6) is 0 Å². The first-order chi connectivity index (χ1) is 11.0. The molecule has 0 bridgehead atoms. The summed E-state index contributed by atoms with van der Waals surface area (Å²) in [6, 6.07) is 12.6. The van der Waals surface area contributed by atoms with Gasteiger partial charge in [-0.15, -0.1) is 0 Å². The Morgan fingerprint density at radius 3 is 2.36 bits per heavy atom. The van der Waals surface area contributed by atoms with E-state index < -0.39 is 0 Å². The monoisotopic (exact) mass is 674 g/mol. The smallest absolute Gasteiger partial charge is 0.131 e. The van der Waals surface area contributed by atoms with Gasteiger partial charge in [-0.3, -0.25) is 9.78 Å². The van der Waals surface area contributed by atoms with Crippen LogP contribution < -0.4 is 0 Å². The third-order valence-corrected chi connectivity index (χ3v) is 5.72. The summed E-state index contributed by atoms with van der Waals surface area (Å²) in [4.78, 5) is 0. The summed E-state index contributed by atoms with van der Waals surface area (Å²) >= 11 is 6.78. The zero-order chi connectivity index (χ0) is 16.6. The molecule has 4 rings (SSSR count). The molecule has 134 valence electrons. The topological polar surface area (TPSA) is 46.5 Å². The molecular weight excluding hydrogens is 653 g/mol. The number of nitrogens with one attached hydrogen (secondary N) is 1. The summed E-state index contributed by atoms with van der Waals surface area (Å²) in [7, 11) is 1.98. The molecule has 0 saturated heterocycles. The number of rotatable bonds is 0. The van der Waals surface area contributed by atoms with E-state index in [0.29, 0.717) is 0 Å². The van der Waals surface area contributed by atoms with Crippen LogP contribution in [0, 0.1) is 17.9 Å².